The summed E-state index contributed by atoms with van der Waals surface area (Å²) in [5, 5.41) is 0. The number of alkyl halides is 3. The highest BCUT2D eigenvalue weighted by Gasteiger charge is 2.31. The highest BCUT2D eigenvalue weighted by molar-refractivity contribution is 5.85. The van der Waals surface area contributed by atoms with Crippen LogP contribution in [0.2, 0.25) is 0 Å². The molecule has 1 amide bonds. The number of anilines is 1. The van der Waals surface area contributed by atoms with Crippen molar-refractivity contribution in [3.05, 3.63) is 65.7 Å². The summed E-state index contributed by atoms with van der Waals surface area (Å²) in [6.07, 6.45) is -4.14. The third kappa shape index (κ3) is 6.52. The SMILES string of the molecule is Cl.Cl.NC(CC(=O)N1CCN(c2cccc(C(F)(F)F)c2)CC1)c1ccccc1. The minimum Gasteiger partial charge on any atom is -0.368 e. The van der Waals surface area contributed by atoms with Crippen molar-refractivity contribution in [3.63, 3.8) is 0 Å². The fraction of sp³-hybridized carbons (Fsp3) is 0.350. The maximum atomic E-state index is 12.9. The van der Waals surface area contributed by atoms with E-state index in [1.54, 1.807) is 11.0 Å². The summed E-state index contributed by atoms with van der Waals surface area (Å²) >= 11 is 0. The molecule has 2 N–H and O–H groups in total. The van der Waals surface area contributed by atoms with E-state index in [1.165, 1.54) is 6.07 Å². The Labute approximate surface area is 180 Å². The van der Waals surface area contributed by atoms with E-state index in [2.05, 4.69) is 0 Å². The van der Waals surface area contributed by atoms with Crippen molar-refractivity contribution in [1.82, 2.24) is 4.90 Å². The second-order valence-electron chi connectivity index (χ2n) is 6.64. The molecule has 1 heterocycles. The van der Waals surface area contributed by atoms with Crippen molar-refractivity contribution in [2.75, 3.05) is 31.1 Å². The van der Waals surface area contributed by atoms with Gasteiger partial charge < -0.3 is 15.5 Å². The normalized spacial score (nSPS) is 15.2. The van der Waals surface area contributed by atoms with Gasteiger partial charge in [-0.2, -0.15) is 13.2 Å². The number of carbonyl (C=O) groups excluding carboxylic acids is 1. The molecule has 1 unspecified atom stereocenters. The lowest BCUT2D eigenvalue weighted by Gasteiger charge is -2.36. The molecule has 0 bridgehead atoms. The van der Waals surface area contributed by atoms with Crippen molar-refractivity contribution < 1.29 is 18.0 Å². The zero-order chi connectivity index (χ0) is 19.4. The number of nitrogens with two attached hydrogens (primary N) is 1. The van der Waals surface area contributed by atoms with Gasteiger partial charge in [-0.05, 0) is 23.8 Å². The van der Waals surface area contributed by atoms with Crippen LogP contribution in [0, 0.1) is 0 Å². The predicted octanol–water partition coefficient (Wildman–Crippen LogP) is 4.29. The smallest absolute Gasteiger partial charge is 0.368 e. The van der Waals surface area contributed by atoms with Gasteiger partial charge in [0.1, 0.15) is 0 Å². The van der Waals surface area contributed by atoms with Gasteiger partial charge in [0, 0.05) is 44.3 Å². The molecule has 0 saturated carbocycles. The molecule has 1 aliphatic rings. The molecule has 0 aliphatic carbocycles. The number of amides is 1. The van der Waals surface area contributed by atoms with E-state index in [4.69, 9.17) is 5.73 Å². The number of nitrogens with zero attached hydrogens (tertiary/aromatic N) is 2. The second-order valence-corrected chi connectivity index (χ2v) is 6.64. The van der Waals surface area contributed by atoms with Gasteiger partial charge in [0.2, 0.25) is 5.91 Å². The van der Waals surface area contributed by atoms with Gasteiger partial charge in [-0.15, -0.1) is 24.8 Å². The van der Waals surface area contributed by atoms with E-state index in [9.17, 15) is 18.0 Å². The molecule has 160 valence electrons. The van der Waals surface area contributed by atoms with Gasteiger partial charge in [0.15, 0.2) is 0 Å². The van der Waals surface area contributed by atoms with Crippen LogP contribution in [0.3, 0.4) is 0 Å². The first-order chi connectivity index (χ1) is 12.8. The molecular formula is C20H24Cl2F3N3O. The number of halogens is 5. The molecule has 2 aromatic rings. The average molecular weight is 450 g/mol. The van der Waals surface area contributed by atoms with Crippen LogP contribution in [0.4, 0.5) is 18.9 Å². The van der Waals surface area contributed by atoms with E-state index >= 15 is 0 Å². The summed E-state index contributed by atoms with van der Waals surface area (Å²) in [6, 6.07) is 14.4. The molecule has 0 aromatic heterocycles. The summed E-state index contributed by atoms with van der Waals surface area (Å²) in [4.78, 5) is 16.1. The van der Waals surface area contributed by atoms with E-state index in [0.717, 1.165) is 17.7 Å². The molecule has 0 spiro atoms. The molecule has 1 atom stereocenters. The zero-order valence-corrected chi connectivity index (χ0v) is 17.3. The highest BCUT2D eigenvalue weighted by Crippen LogP contribution is 2.32. The summed E-state index contributed by atoms with van der Waals surface area (Å²) in [5.41, 5.74) is 6.89. The van der Waals surface area contributed by atoms with Gasteiger partial charge in [-0.3, -0.25) is 4.79 Å². The average Bonchev–Trinajstić information content (AvgIpc) is 2.68. The van der Waals surface area contributed by atoms with Crippen LogP contribution in [0.1, 0.15) is 23.6 Å². The van der Waals surface area contributed by atoms with Crippen molar-refractivity contribution in [2.24, 2.45) is 5.73 Å². The first-order valence-corrected chi connectivity index (χ1v) is 8.85. The van der Waals surface area contributed by atoms with Crippen molar-refractivity contribution in [1.29, 1.82) is 0 Å². The van der Waals surface area contributed by atoms with Crippen molar-refractivity contribution in [2.45, 2.75) is 18.6 Å². The fourth-order valence-electron chi connectivity index (χ4n) is 3.23. The third-order valence-corrected chi connectivity index (χ3v) is 4.79. The highest BCUT2D eigenvalue weighted by atomic mass is 35.5. The lowest BCUT2D eigenvalue weighted by atomic mass is 10.0. The Morgan fingerprint density at radius 2 is 1.59 bits per heavy atom. The Hall–Kier alpha value is -1.96. The molecule has 9 heteroatoms. The molecule has 4 nitrogen and oxygen atoms in total. The lowest BCUT2D eigenvalue weighted by Crippen LogP contribution is -2.49. The van der Waals surface area contributed by atoms with Gasteiger partial charge >= 0.3 is 6.18 Å². The quantitative estimate of drug-likeness (QED) is 0.757. The Morgan fingerprint density at radius 3 is 2.17 bits per heavy atom. The van der Waals surface area contributed by atoms with Crippen LogP contribution in [0.25, 0.3) is 0 Å². The van der Waals surface area contributed by atoms with Crippen LogP contribution >= 0.6 is 24.8 Å². The number of benzene rings is 2. The summed E-state index contributed by atoms with van der Waals surface area (Å²) in [5.74, 6) is -0.0324. The van der Waals surface area contributed by atoms with Crippen molar-refractivity contribution in [3.8, 4) is 0 Å². The van der Waals surface area contributed by atoms with E-state index in [0.29, 0.717) is 31.9 Å². The minimum absolute atomic E-state index is 0. The topological polar surface area (TPSA) is 49.6 Å². The number of piperazine rings is 1. The van der Waals surface area contributed by atoms with Crippen LogP contribution < -0.4 is 10.6 Å². The maximum Gasteiger partial charge on any atom is 0.416 e. The van der Waals surface area contributed by atoms with E-state index in [-0.39, 0.29) is 43.2 Å². The predicted molar refractivity (Wildman–Crippen MR) is 113 cm³/mol. The monoisotopic (exact) mass is 449 g/mol. The molecule has 3 rings (SSSR count). The molecule has 29 heavy (non-hydrogen) atoms. The van der Waals surface area contributed by atoms with Crippen LogP contribution in [-0.4, -0.2) is 37.0 Å². The molecule has 0 radical (unpaired) electrons. The maximum absolute atomic E-state index is 12.9. The standard InChI is InChI=1S/C20H22F3N3O.2ClH/c21-20(22,23)16-7-4-8-17(13-16)25-9-11-26(12-10-25)19(27)14-18(24)15-5-2-1-3-6-15;;/h1-8,13,18H,9-12,14,24H2;2*1H. The van der Waals surface area contributed by atoms with Gasteiger partial charge in [-0.25, -0.2) is 0 Å². The Kier molecular flexibility index (Phi) is 9.26. The number of carbonyl (C=O) groups is 1. The first kappa shape index (κ1) is 25.1. The Morgan fingerprint density at radius 1 is 0.966 bits per heavy atom. The third-order valence-electron chi connectivity index (χ3n) is 4.79. The van der Waals surface area contributed by atoms with Crippen LogP contribution in [0.5, 0.6) is 0 Å². The summed E-state index contributed by atoms with van der Waals surface area (Å²) < 4.78 is 38.6. The Bertz CT molecular complexity index is 782. The van der Waals surface area contributed by atoms with Crippen LogP contribution in [0.15, 0.2) is 54.6 Å². The minimum atomic E-state index is -4.36. The number of hydrogen-bond donors (Lipinski definition) is 1. The zero-order valence-electron chi connectivity index (χ0n) is 15.6. The molecular weight excluding hydrogens is 426 g/mol. The van der Waals surface area contributed by atoms with E-state index in [1.807, 2.05) is 35.2 Å². The number of rotatable bonds is 4. The number of hydrogen-bond acceptors (Lipinski definition) is 3. The fourth-order valence-corrected chi connectivity index (χ4v) is 3.23. The molecule has 1 saturated heterocycles. The first-order valence-electron chi connectivity index (χ1n) is 8.85. The summed E-state index contributed by atoms with van der Waals surface area (Å²) in [6.45, 7) is 1.93. The van der Waals surface area contributed by atoms with Crippen LogP contribution in [-0.2, 0) is 11.0 Å². The van der Waals surface area contributed by atoms with Gasteiger partial charge in [-0.1, -0.05) is 36.4 Å². The molecule has 1 fully saturated rings. The molecule has 2 aromatic carbocycles. The summed E-state index contributed by atoms with van der Waals surface area (Å²) in [7, 11) is 0. The largest absolute Gasteiger partial charge is 0.416 e. The van der Waals surface area contributed by atoms with E-state index < -0.39 is 11.7 Å². The van der Waals surface area contributed by atoms with Crippen molar-refractivity contribution >= 4 is 36.4 Å². The lowest BCUT2D eigenvalue weighted by molar-refractivity contribution is -0.137. The van der Waals surface area contributed by atoms with Gasteiger partial charge in [0.25, 0.3) is 0 Å². The van der Waals surface area contributed by atoms with Gasteiger partial charge in [0.05, 0.1) is 5.56 Å². The molecule has 1 aliphatic heterocycles. The second kappa shape index (κ2) is 10.7. The Balaban J connectivity index is 0.00000210.